The molecule has 1 heterocycles. The first kappa shape index (κ1) is 25.9. The van der Waals surface area contributed by atoms with Crippen LogP contribution in [0.3, 0.4) is 0 Å². The van der Waals surface area contributed by atoms with Gasteiger partial charge in [-0.25, -0.2) is 18.7 Å². The van der Waals surface area contributed by atoms with Gasteiger partial charge < -0.3 is 20.1 Å². The number of aliphatic carboxylic acids is 1. The highest BCUT2D eigenvalue weighted by molar-refractivity contribution is 5.96. The largest absolute Gasteiger partial charge is 0.480 e. The number of halogens is 1. The molecule has 0 radical (unpaired) electrons. The van der Waals surface area contributed by atoms with E-state index in [0.29, 0.717) is 6.42 Å². The fourth-order valence-electron chi connectivity index (χ4n) is 4.07. The summed E-state index contributed by atoms with van der Waals surface area (Å²) in [5, 5.41) is 16.5. The number of hydrogen-bond acceptors (Lipinski definition) is 5. The number of nitrogens with one attached hydrogen (secondary N) is 1. The second kappa shape index (κ2) is 10.4. The normalized spacial score (nSPS) is 17.5. The topological polar surface area (TPSA) is 114 Å². The zero-order valence-electron chi connectivity index (χ0n) is 20.8. The summed E-state index contributed by atoms with van der Waals surface area (Å²) in [6, 6.07) is 12.6. The number of rotatable bonds is 8. The number of carboxylic acids is 1. The van der Waals surface area contributed by atoms with Gasteiger partial charge in [0.2, 0.25) is 0 Å². The van der Waals surface area contributed by atoms with Crippen molar-refractivity contribution in [2.24, 2.45) is 0 Å². The number of aromatic nitrogens is 2. The molecule has 1 fully saturated rings. The standard InChI is InChI=1S/C27H29FN4O5/c1-27(2,3)37-26(36)31(23-15-21(23)17-5-9-19(28)10-6-17)16-22(25(34)35)30-24(33)18-7-11-20(12-8-18)32-14-4-13-29-32/h4-14,21-23H,15-16H2,1-3H3,(H,30,33)(H,34,35)/t21-,22-,23+/m0/s1. The summed E-state index contributed by atoms with van der Waals surface area (Å²) in [6.07, 6.45) is 3.29. The Kier molecular flexibility index (Phi) is 7.28. The molecule has 0 aliphatic heterocycles. The van der Waals surface area contributed by atoms with Crippen molar-refractivity contribution in [3.8, 4) is 5.69 Å². The Bertz CT molecular complexity index is 1250. The number of carbonyl (C=O) groups excluding carboxylic acids is 2. The molecule has 0 unspecified atom stereocenters. The van der Waals surface area contributed by atoms with Gasteiger partial charge in [0.05, 0.1) is 12.2 Å². The molecular formula is C27H29FN4O5. The van der Waals surface area contributed by atoms with Crippen molar-refractivity contribution in [1.82, 2.24) is 20.0 Å². The molecular weight excluding hydrogens is 479 g/mol. The summed E-state index contributed by atoms with van der Waals surface area (Å²) < 4.78 is 20.5. The molecule has 1 aliphatic carbocycles. The van der Waals surface area contributed by atoms with Gasteiger partial charge in [-0.05, 0) is 75.2 Å². The molecule has 4 rings (SSSR count). The van der Waals surface area contributed by atoms with Gasteiger partial charge in [0.25, 0.3) is 5.91 Å². The Morgan fingerprint density at radius 3 is 2.41 bits per heavy atom. The molecule has 9 nitrogen and oxygen atoms in total. The summed E-state index contributed by atoms with van der Waals surface area (Å²) in [5.41, 5.74) is 1.05. The van der Waals surface area contributed by atoms with Crippen molar-refractivity contribution in [2.45, 2.75) is 50.8 Å². The summed E-state index contributed by atoms with van der Waals surface area (Å²) in [7, 11) is 0. The van der Waals surface area contributed by atoms with E-state index in [2.05, 4.69) is 10.4 Å². The molecule has 10 heteroatoms. The zero-order valence-corrected chi connectivity index (χ0v) is 20.8. The van der Waals surface area contributed by atoms with Crippen LogP contribution in [0.15, 0.2) is 67.0 Å². The third-order valence-electron chi connectivity index (χ3n) is 5.96. The SMILES string of the molecule is CC(C)(C)OC(=O)N(C[C@H](NC(=O)c1ccc(-n2cccn2)cc1)C(=O)O)[C@@H]1C[C@H]1c1ccc(F)cc1. The van der Waals surface area contributed by atoms with Crippen molar-refractivity contribution in [1.29, 1.82) is 0 Å². The molecule has 3 atom stereocenters. The van der Waals surface area contributed by atoms with Crippen LogP contribution in [0.5, 0.6) is 0 Å². The Morgan fingerprint density at radius 1 is 1.16 bits per heavy atom. The predicted octanol–water partition coefficient (Wildman–Crippen LogP) is 3.99. The molecule has 0 saturated heterocycles. The van der Waals surface area contributed by atoms with Crippen LogP contribution < -0.4 is 5.32 Å². The summed E-state index contributed by atoms with van der Waals surface area (Å²) in [6.45, 7) is 4.87. The molecule has 2 N–H and O–H groups in total. The van der Waals surface area contributed by atoms with E-state index in [-0.39, 0.29) is 29.9 Å². The van der Waals surface area contributed by atoms with E-state index >= 15 is 0 Å². The first-order chi connectivity index (χ1) is 17.5. The lowest BCUT2D eigenvalue weighted by atomic mass is 10.1. The monoisotopic (exact) mass is 508 g/mol. The van der Waals surface area contributed by atoms with Gasteiger partial charge >= 0.3 is 12.1 Å². The highest BCUT2D eigenvalue weighted by atomic mass is 19.1. The van der Waals surface area contributed by atoms with Gasteiger partial charge in [0.15, 0.2) is 0 Å². The lowest BCUT2D eigenvalue weighted by Gasteiger charge is -2.30. The Hall–Kier alpha value is -4.21. The molecule has 1 aliphatic rings. The van der Waals surface area contributed by atoms with E-state index < -0.39 is 29.6 Å². The van der Waals surface area contributed by atoms with Crippen LogP contribution in [-0.2, 0) is 9.53 Å². The molecule has 2 amide bonds. The van der Waals surface area contributed by atoms with Crippen LogP contribution in [0, 0.1) is 5.82 Å². The molecule has 2 aromatic carbocycles. The number of amides is 2. The molecule has 3 aromatic rings. The predicted molar refractivity (Wildman–Crippen MR) is 133 cm³/mol. The highest BCUT2D eigenvalue weighted by Gasteiger charge is 2.47. The van der Waals surface area contributed by atoms with Gasteiger partial charge in [0, 0.05) is 29.9 Å². The quantitative estimate of drug-likeness (QED) is 0.476. The van der Waals surface area contributed by atoms with E-state index in [0.717, 1.165) is 11.3 Å². The lowest BCUT2D eigenvalue weighted by molar-refractivity contribution is -0.139. The van der Waals surface area contributed by atoms with E-state index in [1.165, 1.54) is 17.0 Å². The van der Waals surface area contributed by atoms with Gasteiger partial charge in [-0.3, -0.25) is 4.79 Å². The van der Waals surface area contributed by atoms with Crippen LogP contribution in [0.25, 0.3) is 5.69 Å². The van der Waals surface area contributed by atoms with Crippen LogP contribution in [-0.4, -0.2) is 62.0 Å². The van der Waals surface area contributed by atoms with Crippen molar-refractivity contribution in [3.05, 3.63) is 83.9 Å². The second-order valence-corrected chi connectivity index (χ2v) is 9.96. The fourth-order valence-corrected chi connectivity index (χ4v) is 4.07. The zero-order chi connectivity index (χ0) is 26.7. The van der Waals surface area contributed by atoms with Gasteiger partial charge in [-0.2, -0.15) is 5.10 Å². The number of carbonyl (C=O) groups is 3. The Morgan fingerprint density at radius 2 is 1.84 bits per heavy atom. The van der Waals surface area contributed by atoms with Crippen LogP contribution in [0.4, 0.5) is 9.18 Å². The van der Waals surface area contributed by atoms with E-state index in [1.54, 1.807) is 80.3 Å². The maximum atomic E-state index is 13.4. The van der Waals surface area contributed by atoms with Crippen molar-refractivity contribution < 1.29 is 28.6 Å². The maximum absolute atomic E-state index is 13.4. The molecule has 194 valence electrons. The van der Waals surface area contributed by atoms with Crippen molar-refractivity contribution in [2.75, 3.05) is 6.54 Å². The average molecular weight is 509 g/mol. The molecule has 1 saturated carbocycles. The average Bonchev–Trinajstić information content (AvgIpc) is 3.42. The minimum absolute atomic E-state index is 0.0897. The third-order valence-corrected chi connectivity index (χ3v) is 5.96. The molecule has 0 spiro atoms. The minimum Gasteiger partial charge on any atom is -0.480 e. The molecule has 1 aromatic heterocycles. The van der Waals surface area contributed by atoms with Gasteiger partial charge in [0.1, 0.15) is 17.5 Å². The minimum atomic E-state index is -1.37. The highest BCUT2D eigenvalue weighted by Crippen LogP contribution is 2.45. The van der Waals surface area contributed by atoms with Crippen molar-refractivity contribution >= 4 is 18.0 Å². The fraction of sp³-hybridized carbons (Fsp3) is 0.333. The first-order valence-electron chi connectivity index (χ1n) is 11.9. The summed E-state index contributed by atoms with van der Waals surface area (Å²) in [4.78, 5) is 39.4. The summed E-state index contributed by atoms with van der Waals surface area (Å²) in [5.74, 6) is -2.33. The van der Waals surface area contributed by atoms with Gasteiger partial charge in [-0.15, -0.1) is 0 Å². The number of nitrogens with zero attached hydrogens (tertiary/aromatic N) is 3. The Labute approximate surface area is 213 Å². The second-order valence-electron chi connectivity index (χ2n) is 9.96. The van der Waals surface area contributed by atoms with E-state index in [4.69, 9.17) is 4.74 Å². The van der Waals surface area contributed by atoms with Crippen LogP contribution in [0.2, 0.25) is 0 Å². The number of benzene rings is 2. The van der Waals surface area contributed by atoms with Crippen molar-refractivity contribution in [3.63, 3.8) is 0 Å². The number of ether oxygens (including phenoxy) is 1. The number of carboxylic acid groups (broad SMARTS) is 1. The summed E-state index contributed by atoms with van der Waals surface area (Å²) >= 11 is 0. The lowest BCUT2D eigenvalue weighted by Crippen LogP contribution is -2.51. The first-order valence-corrected chi connectivity index (χ1v) is 11.9. The Balaban J connectivity index is 1.49. The van der Waals surface area contributed by atoms with Crippen LogP contribution in [0.1, 0.15) is 49.0 Å². The van der Waals surface area contributed by atoms with E-state index in [1.807, 2.05) is 0 Å². The maximum Gasteiger partial charge on any atom is 0.410 e. The van der Waals surface area contributed by atoms with Crippen LogP contribution >= 0.6 is 0 Å². The van der Waals surface area contributed by atoms with Gasteiger partial charge in [-0.1, -0.05) is 12.1 Å². The molecule has 37 heavy (non-hydrogen) atoms. The molecule has 0 bridgehead atoms. The smallest absolute Gasteiger partial charge is 0.410 e. The third kappa shape index (κ3) is 6.52. The number of hydrogen-bond donors (Lipinski definition) is 2. The van der Waals surface area contributed by atoms with E-state index in [9.17, 15) is 23.9 Å².